The van der Waals surface area contributed by atoms with Gasteiger partial charge in [-0.05, 0) is 29.8 Å². The Bertz CT molecular complexity index is 905. The van der Waals surface area contributed by atoms with Gasteiger partial charge in [-0.2, -0.15) is 13.2 Å². The summed E-state index contributed by atoms with van der Waals surface area (Å²) in [4.78, 5) is 7.83. The van der Waals surface area contributed by atoms with Gasteiger partial charge in [-0.15, -0.1) is 0 Å². The maximum absolute atomic E-state index is 14.5. The van der Waals surface area contributed by atoms with E-state index in [1.165, 1.54) is 18.3 Å². The molecule has 0 bridgehead atoms. The molecule has 0 unspecified atom stereocenters. The van der Waals surface area contributed by atoms with Crippen LogP contribution in [-0.2, 0) is 16.7 Å². The van der Waals surface area contributed by atoms with Crippen LogP contribution in [0.2, 0.25) is 5.02 Å². The summed E-state index contributed by atoms with van der Waals surface area (Å²) in [5.41, 5.74) is 3.95. The first-order chi connectivity index (χ1) is 13.1. The van der Waals surface area contributed by atoms with Crippen LogP contribution in [0, 0.1) is 5.82 Å². The van der Waals surface area contributed by atoms with E-state index >= 15 is 0 Å². The van der Waals surface area contributed by atoms with Gasteiger partial charge in [0.05, 0.1) is 0 Å². The monoisotopic (exact) mass is 419 g/mol. The predicted octanol–water partition coefficient (Wildman–Crippen LogP) is 4.30. The molecule has 0 fully saturated rings. The summed E-state index contributed by atoms with van der Waals surface area (Å²) < 4.78 is 72.4. The van der Waals surface area contributed by atoms with Gasteiger partial charge in [0.2, 0.25) is 0 Å². The molecule has 0 spiro atoms. The molecule has 1 aromatic heterocycles. The van der Waals surface area contributed by atoms with Crippen LogP contribution < -0.4 is 5.73 Å². The van der Waals surface area contributed by atoms with E-state index in [1.807, 2.05) is 0 Å². The van der Waals surface area contributed by atoms with E-state index < -0.39 is 42.8 Å². The number of benzene rings is 1. The third-order valence-corrected chi connectivity index (χ3v) is 4.63. The van der Waals surface area contributed by atoms with E-state index in [0.29, 0.717) is 16.3 Å². The van der Waals surface area contributed by atoms with Crippen LogP contribution in [0.25, 0.3) is 0 Å². The lowest BCUT2D eigenvalue weighted by atomic mass is 9.83. The number of nitrogens with two attached hydrogens (primary N) is 1. The number of aromatic nitrogens is 1. The fourth-order valence-corrected chi connectivity index (χ4v) is 3.26. The SMILES string of the molecule is NC1=N[C@](CF)(c2cc(Cc3cc(Cl)ccn3)ccc2F)C[C@@H](C(F)(F)F)O1. The van der Waals surface area contributed by atoms with Crippen molar-refractivity contribution >= 4 is 17.6 Å². The zero-order valence-electron chi connectivity index (χ0n) is 14.3. The number of amidine groups is 1. The number of hydrogen-bond acceptors (Lipinski definition) is 4. The second-order valence-electron chi connectivity index (χ2n) is 6.42. The van der Waals surface area contributed by atoms with E-state index in [1.54, 1.807) is 12.1 Å². The molecular formula is C18H15ClF5N3O. The van der Waals surface area contributed by atoms with Gasteiger partial charge >= 0.3 is 6.18 Å². The largest absolute Gasteiger partial charge is 0.452 e. The van der Waals surface area contributed by atoms with Gasteiger partial charge < -0.3 is 10.5 Å². The quantitative estimate of drug-likeness (QED) is 0.752. The van der Waals surface area contributed by atoms with Crippen LogP contribution in [0.4, 0.5) is 22.0 Å². The molecule has 4 nitrogen and oxygen atoms in total. The summed E-state index contributed by atoms with van der Waals surface area (Å²) in [6.45, 7) is -1.38. The average Bonchev–Trinajstić information content (AvgIpc) is 2.62. The molecule has 150 valence electrons. The van der Waals surface area contributed by atoms with Crippen LogP contribution in [0.15, 0.2) is 41.5 Å². The topological polar surface area (TPSA) is 60.5 Å². The summed E-state index contributed by atoms with van der Waals surface area (Å²) in [5, 5.41) is 0.447. The zero-order valence-corrected chi connectivity index (χ0v) is 15.1. The minimum atomic E-state index is -4.81. The fourth-order valence-electron chi connectivity index (χ4n) is 3.08. The summed E-state index contributed by atoms with van der Waals surface area (Å²) >= 11 is 5.91. The Morgan fingerprint density at radius 3 is 2.64 bits per heavy atom. The van der Waals surface area contributed by atoms with Crippen molar-refractivity contribution in [3.8, 4) is 0 Å². The van der Waals surface area contributed by atoms with Gasteiger partial charge in [0.25, 0.3) is 6.02 Å². The molecule has 2 N–H and O–H groups in total. The standard InChI is InChI=1S/C18H15ClF5N3O/c19-11-3-4-26-12(7-11)5-10-1-2-14(21)13(6-10)17(9-20)8-15(18(22,23)24)28-16(25)27-17/h1-4,6-7,15H,5,8-9H2,(H2,25,27)/t15-,17+/m0/s1. The first-order valence-corrected chi connectivity index (χ1v) is 8.55. The van der Waals surface area contributed by atoms with Crippen LogP contribution in [-0.4, -0.2) is 30.0 Å². The van der Waals surface area contributed by atoms with Crippen molar-refractivity contribution < 1.29 is 26.7 Å². The van der Waals surface area contributed by atoms with E-state index in [-0.39, 0.29) is 12.0 Å². The highest BCUT2D eigenvalue weighted by molar-refractivity contribution is 6.30. The second-order valence-corrected chi connectivity index (χ2v) is 6.86. The number of rotatable bonds is 4. The lowest BCUT2D eigenvalue weighted by Crippen LogP contribution is -2.48. The third-order valence-electron chi connectivity index (χ3n) is 4.39. The molecule has 0 saturated heterocycles. The number of aliphatic imine (C=N–C) groups is 1. The first kappa shape index (κ1) is 20.3. The van der Waals surface area contributed by atoms with Crippen molar-refractivity contribution in [2.45, 2.75) is 30.7 Å². The number of ether oxygens (including phenoxy) is 1. The lowest BCUT2D eigenvalue weighted by molar-refractivity contribution is -0.209. The Hall–Kier alpha value is -2.42. The van der Waals surface area contributed by atoms with Gasteiger partial charge in [0.15, 0.2) is 6.10 Å². The predicted molar refractivity (Wildman–Crippen MR) is 93.3 cm³/mol. The number of hydrogen-bond donors (Lipinski definition) is 1. The van der Waals surface area contributed by atoms with Crippen molar-refractivity contribution in [2.75, 3.05) is 6.67 Å². The average molecular weight is 420 g/mol. The second kappa shape index (κ2) is 7.54. The molecule has 1 aromatic carbocycles. The van der Waals surface area contributed by atoms with Crippen molar-refractivity contribution in [1.82, 2.24) is 4.98 Å². The number of alkyl halides is 4. The van der Waals surface area contributed by atoms with Gasteiger partial charge in [-0.25, -0.2) is 13.8 Å². The maximum atomic E-state index is 14.5. The lowest BCUT2D eigenvalue weighted by Gasteiger charge is -2.36. The van der Waals surface area contributed by atoms with E-state index in [2.05, 4.69) is 14.7 Å². The highest BCUT2D eigenvalue weighted by Crippen LogP contribution is 2.41. The van der Waals surface area contributed by atoms with Gasteiger partial charge in [0.1, 0.15) is 18.0 Å². The molecule has 28 heavy (non-hydrogen) atoms. The zero-order chi connectivity index (χ0) is 20.5. The summed E-state index contributed by atoms with van der Waals surface area (Å²) in [5.74, 6) is -0.889. The number of nitrogens with zero attached hydrogens (tertiary/aromatic N) is 2. The molecule has 2 aromatic rings. The van der Waals surface area contributed by atoms with E-state index in [4.69, 9.17) is 17.3 Å². The van der Waals surface area contributed by atoms with Crippen LogP contribution in [0.3, 0.4) is 0 Å². The van der Waals surface area contributed by atoms with Crippen LogP contribution in [0.1, 0.15) is 23.2 Å². The Morgan fingerprint density at radius 2 is 2.00 bits per heavy atom. The Balaban J connectivity index is 2.01. The molecular weight excluding hydrogens is 405 g/mol. The number of pyridine rings is 1. The van der Waals surface area contributed by atoms with Crippen molar-refractivity contribution in [2.24, 2.45) is 10.7 Å². The van der Waals surface area contributed by atoms with Gasteiger partial charge in [-0.1, -0.05) is 17.7 Å². The van der Waals surface area contributed by atoms with Crippen molar-refractivity contribution in [3.63, 3.8) is 0 Å². The molecule has 0 radical (unpaired) electrons. The number of halogens is 6. The molecule has 10 heteroatoms. The molecule has 3 rings (SSSR count). The Morgan fingerprint density at radius 1 is 1.25 bits per heavy atom. The molecule has 2 heterocycles. The maximum Gasteiger partial charge on any atom is 0.425 e. The highest BCUT2D eigenvalue weighted by atomic mass is 35.5. The molecule has 1 aliphatic heterocycles. The van der Waals surface area contributed by atoms with E-state index in [0.717, 1.165) is 6.07 Å². The molecule has 2 atom stereocenters. The van der Waals surface area contributed by atoms with E-state index in [9.17, 15) is 22.0 Å². The normalized spacial score (nSPS) is 22.5. The smallest absolute Gasteiger partial charge is 0.425 e. The summed E-state index contributed by atoms with van der Waals surface area (Å²) in [6, 6.07) is 6.09. The van der Waals surface area contributed by atoms with Crippen LogP contribution >= 0.6 is 11.6 Å². The summed E-state index contributed by atoms with van der Waals surface area (Å²) in [7, 11) is 0. The molecule has 0 aliphatic carbocycles. The van der Waals surface area contributed by atoms with Gasteiger partial charge in [-0.3, -0.25) is 4.98 Å². The highest BCUT2D eigenvalue weighted by Gasteiger charge is 2.52. The van der Waals surface area contributed by atoms with Crippen LogP contribution in [0.5, 0.6) is 0 Å². The fraction of sp³-hybridized carbons (Fsp3) is 0.333. The first-order valence-electron chi connectivity index (χ1n) is 8.17. The Kier molecular flexibility index (Phi) is 5.47. The van der Waals surface area contributed by atoms with Crippen molar-refractivity contribution in [1.29, 1.82) is 0 Å². The molecule has 1 aliphatic rings. The molecule has 0 saturated carbocycles. The minimum absolute atomic E-state index is 0.217. The minimum Gasteiger partial charge on any atom is -0.452 e. The molecule has 0 amide bonds. The van der Waals surface area contributed by atoms with Gasteiger partial charge in [0, 0.05) is 35.3 Å². The van der Waals surface area contributed by atoms with Crippen molar-refractivity contribution in [3.05, 3.63) is 64.2 Å². The Labute approximate surface area is 162 Å². The third kappa shape index (κ3) is 4.19. The summed E-state index contributed by atoms with van der Waals surface area (Å²) in [6.07, 6.45) is -6.42.